The molecule has 1 unspecified atom stereocenters. The average molecular weight is 170 g/mol. The Morgan fingerprint density at radius 2 is 2.27 bits per heavy atom. The van der Waals surface area contributed by atoms with Crippen LogP contribution in [0.15, 0.2) is 29.2 Å². The third-order valence-corrected chi connectivity index (χ3v) is 1.97. The summed E-state index contributed by atoms with van der Waals surface area (Å²) < 4.78 is 20.9. The molecular weight excluding hydrogens is 162 g/mol. The lowest BCUT2D eigenvalue weighted by atomic mass is 10.2. The summed E-state index contributed by atoms with van der Waals surface area (Å²) in [4.78, 5) is 0.285. The summed E-state index contributed by atoms with van der Waals surface area (Å²) in [6.07, 6.45) is 0. The highest BCUT2D eigenvalue weighted by Gasteiger charge is 1.92. The van der Waals surface area contributed by atoms with E-state index in [4.69, 9.17) is 5.73 Å². The molecule has 1 atom stereocenters. The predicted molar refractivity (Wildman–Crippen MR) is 41.5 cm³/mol. The summed E-state index contributed by atoms with van der Waals surface area (Å²) in [5.74, 6) is 0. The van der Waals surface area contributed by atoms with Crippen molar-refractivity contribution in [2.45, 2.75) is 11.4 Å². The SMILES string of the molecule is NCc1cccc(S(=O)[O-])c1. The van der Waals surface area contributed by atoms with Gasteiger partial charge in [0.25, 0.3) is 0 Å². The summed E-state index contributed by atoms with van der Waals surface area (Å²) in [5, 5.41) is 0. The van der Waals surface area contributed by atoms with Crippen molar-refractivity contribution in [3.8, 4) is 0 Å². The third kappa shape index (κ3) is 2.11. The van der Waals surface area contributed by atoms with Crippen LogP contribution in [0.4, 0.5) is 0 Å². The zero-order valence-corrected chi connectivity index (χ0v) is 6.64. The molecule has 11 heavy (non-hydrogen) atoms. The highest BCUT2D eigenvalue weighted by Crippen LogP contribution is 2.06. The molecule has 2 N–H and O–H groups in total. The van der Waals surface area contributed by atoms with E-state index in [0.717, 1.165) is 5.56 Å². The maximum absolute atomic E-state index is 10.4. The molecule has 0 aromatic heterocycles. The number of benzene rings is 1. The summed E-state index contributed by atoms with van der Waals surface area (Å²) >= 11 is -2.15. The van der Waals surface area contributed by atoms with Crippen LogP contribution >= 0.6 is 0 Å². The van der Waals surface area contributed by atoms with Crippen LogP contribution < -0.4 is 5.73 Å². The van der Waals surface area contributed by atoms with Gasteiger partial charge in [-0.2, -0.15) is 0 Å². The molecule has 0 amide bonds. The molecule has 0 aliphatic heterocycles. The number of nitrogens with two attached hydrogens (primary N) is 1. The van der Waals surface area contributed by atoms with Crippen LogP contribution in [0.3, 0.4) is 0 Å². The molecular formula is C7H8NO2S-. The summed E-state index contributed by atoms with van der Waals surface area (Å²) in [6.45, 7) is 0.366. The normalized spacial score (nSPS) is 12.9. The molecule has 0 heterocycles. The van der Waals surface area contributed by atoms with E-state index < -0.39 is 11.1 Å². The second-order valence-corrected chi connectivity index (χ2v) is 3.03. The van der Waals surface area contributed by atoms with Crippen molar-refractivity contribution in [2.24, 2.45) is 5.73 Å². The maximum Gasteiger partial charge on any atom is 0.0251 e. The van der Waals surface area contributed by atoms with Crippen LogP contribution in [-0.4, -0.2) is 8.76 Å². The monoisotopic (exact) mass is 170 g/mol. The Morgan fingerprint density at radius 3 is 2.82 bits per heavy atom. The molecule has 1 aromatic carbocycles. The van der Waals surface area contributed by atoms with E-state index in [9.17, 15) is 8.76 Å². The third-order valence-electron chi connectivity index (χ3n) is 1.33. The van der Waals surface area contributed by atoms with Crippen molar-refractivity contribution in [3.05, 3.63) is 29.8 Å². The van der Waals surface area contributed by atoms with Crippen molar-refractivity contribution in [1.29, 1.82) is 0 Å². The highest BCUT2D eigenvalue weighted by molar-refractivity contribution is 7.79. The highest BCUT2D eigenvalue weighted by atomic mass is 32.2. The summed E-state index contributed by atoms with van der Waals surface area (Å²) in [6, 6.07) is 6.55. The van der Waals surface area contributed by atoms with Gasteiger partial charge in [-0.3, -0.25) is 4.21 Å². The Kier molecular flexibility index (Phi) is 2.76. The average Bonchev–Trinajstić information content (AvgIpc) is 2.05. The van der Waals surface area contributed by atoms with E-state index in [0.29, 0.717) is 6.54 Å². The van der Waals surface area contributed by atoms with Crippen LogP contribution in [0, 0.1) is 0 Å². The lowest BCUT2D eigenvalue weighted by Gasteiger charge is -2.05. The lowest BCUT2D eigenvalue weighted by Crippen LogP contribution is -1.97. The van der Waals surface area contributed by atoms with Crippen LogP contribution in [0.2, 0.25) is 0 Å². The van der Waals surface area contributed by atoms with Gasteiger partial charge in [0.2, 0.25) is 0 Å². The van der Waals surface area contributed by atoms with Crippen molar-refractivity contribution >= 4 is 11.1 Å². The fourth-order valence-corrected chi connectivity index (χ4v) is 1.21. The van der Waals surface area contributed by atoms with E-state index in [2.05, 4.69) is 0 Å². The van der Waals surface area contributed by atoms with Gasteiger partial charge in [0.15, 0.2) is 0 Å². The van der Waals surface area contributed by atoms with Gasteiger partial charge >= 0.3 is 0 Å². The van der Waals surface area contributed by atoms with E-state index in [1.165, 1.54) is 6.07 Å². The van der Waals surface area contributed by atoms with Gasteiger partial charge < -0.3 is 10.3 Å². The molecule has 0 saturated carbocycles. The minimum absolute atomic E-state index is 0.285. The number of rotatable bonds is 2. The Bertz CT molecular complexity index is 275. The number of hydrogen-bond donors (Lipinski definition) is 1. The molecule has 0 aliphatic rings. The van der Waals surface area contributed by atoms with Gasteiger partial charge in [0, 0.05) is 11.4 Å². The number of hydrogen-bond acceptors (Lipinski definition) is 3. The van der Waals surface area contributed by atoms with Gasteiger partial charge in [-0.25, -0.2) is 0 Å². The van der Waals surface area contributed by atoms with Crippen LogP contribution in [0.25, 0.3) is 0 Å². The Morgan fingerprint density at radius 1 is 1.55 bits per heavy atom. The summed E-state index contributed by atoms with van der Waals surface area (Å²) in [7, 11) is 0. The molecule has 1 rings (SSSR count). The van der Waals surface area contributed by atoms with E-state index in [1.54, 1.807) is 18.2 Å². The quantitative estimate of drug-likeness (QED) is 0.652. The van der Waals surface area contributed by atoms with Crippen LogP contribution in [-0.2, 0) is 17.6 Å². The van der Waals surface area contributed by atoms with Crippen molar-refractivity contribution < 1.29 is 8.76 Å². The first kappa shape index (κ1) is 8.39. The zero-order chi connectivity index (χ0) is 8.27. The molecule has 0 aliphatic carbocycles. The first-order chi connectivity index (χ1) is 5.24. The molecule has 60 valence electrons. The largest absolute Gasteiger partial charge is 0.768 e. The first-order valence-corrected chi connectivity index (χ1v) is 4.20. The Balaban J connectivity index is 3.01. The fourth-order valence-electron chi connectivity index (χ4n) is 0.776. The second kappa shape index (κ2) is 3.61. The topological polar surface area (TPSA) is 66.2 Å². The molecule has 3 nitrogen and oxygen atoms in total. The molecule has 0 fully saturated rings. The molecule has 1 aromatic rings. The minimum Gasteiger partial charge on any atom is -0.768 e. The zero-order valence-electron chi connectivity index (χ0n) is 5.82. The molecule has 0 bridgehead atoms. The van der Waals surface area contributed by atoms with Crippen molar-refractivity contribution in [1.82, 2.24) is 0 Å². The van der Waals surface area contributed by atoms with E-state index >= 15 is 0 Å². The van der Waals surface area contributed by atoms with Gasteiger partial charge in [0.05, 0.1) is 0 Å². The van der Waals surface area contributed by atoms with Crippen molar-refractivity contribution in [2.75, 3.05) is 0 Å². The smallest absolute Gasteiger partial charge is 0.0251 e. The van der Waals surface area contributed by atoms with E-state index in [1.807, 2.05) is 0 Å². The van der Waals surface area contributed by atoms with Gasteiger partial charge in [0.1, 0.15) is 0 Å². The second-order valence-electron chi connectivity index (χ2n) is 2.09. The van der Waals surface area contributed by atoms with Gasteiger partial charge in [-0.15, -0.1) is 0 Å². The minimum atomic E-state index is -2.15. The Hall–Kier alpha value is -0.710. The van der Waals surface area contributed by atoms with E-state index in [-0.39, 0.29) is 4.90 Å². The molecule has 0 saturated heterocycles. The van der Waals surface area contributed by atoms with Crippen molar-refractivity contribution in [3.63, 3.8) is 0 Å². The van der Waals surface area contributed by atoms with Gasteiger partial charge in [-0.05, 0) is 28.8 Å². The van der Waals surface area contributed by atoms with Crippen LogP contribution in [0.1, 0.15) is 5.56 Å². The maximum atomic E-state index is 10.4. The summed E-state index contributed by atoms with van der Waals surface area (Å²) in [5.41, 5.74) is 6.14. The van der Waals surface area contributed by atoms with Crippen LogP contribution in [0.5, 0.6) is 0 Å². The Labute approximate surface area is 67.5 Å². The fraction of sp³-hybridized carbons (Fsp3) is 0.143. The standard InChI is InChI=1S/C7H9NO2S/c8-5-6-2-1-3-7(4-6)11(9)10/h1-4H,5,8H2,(H,9,10)/p-1. The molecule has 4 heteroatoms. The molecule has 0 spiro atoms. The first-order valence-electron chi connectivity index (χ1n) is 3.12. The predicted octanol–water partition coefficient (Wildman–Crippen LogP) is 0.383. The molecule has 0 radical (unpaired) electrons. The van der Waals surface area contributed by atoms with Gasteiger partial charge in [-0.1, -0.05) is 12.1 Å². The lowest BCUT2D eigenvalue weighted by molar-refractivity contribution is 0.537.